The molecule has 0 spiro atoms. The molecule has 0 saturated heterocycles. The fourth-order valence-electron chi connectivity index (χ4n) is 17.6. The van der Waals surface area contributed by atoms with E-state index in [-0.39, 0.29) is 0 Å². The Morgan fingerprint density at radius 3 is 0.836 bits per heavy atom. The molecule has 4 nitrogen and oxygen atoms in total. The van der Waals surface area contributed by atoms with Crippen LogP contribution in [0.1, 0.15) is 0 Å². The summed E-state index contributed by atoms with van der Waals surface area (Å²) in [6, 6.07) is 142. The molecule has 0 amide bonds. The van der Waals surface area contributed by atoms with Crippen LogP contribution in [0.4, 0.5) is 0 Å². The van der Waals surface area contributed by atoms with E-state index in [1.165, 1.54) is 175 Å². The van der Waals surface area contributed by atoms with Crippen LogP contribution < -0.4 is 0 Å². The van der Waals surface area contributed by atoms with E-state index in [2.05, 4.69) is 407 Å². The highest BCUT2D eigenvalue weighted by molar-refractivity contribution is 6.24. The van der Waals surface area contributed by atoms with Crippen molar-refractivity contribution in [3.8, 4) is 100 Å². The summed E-state index contributed by atoms with van der Waals surface area (Å²) in [4.78, 5) is 9.04. The summed E-state index contributed by atoms with van der Waals surface area (Å²) >= 11 is 0. The third kappa shape index (κ3) is 10.8. The Bertz CT molecular complexity index is 7350. The molecule has 0 atom stereocenters. The van der Waals surface area contributed by atoms with Gasteiger partial charge in [-0.25, -0.2) is 0 Å². The van der Waals surface area contributed by atoms with Crippen LogP contribution in [-0.2, 0) is 0 Å². The molecule has 4 heterocycles. The van der Waals surface area contributed by atoms with Gasteiger partial charge in [-0.05, 0) is 239 Å². The number of hydrogen-bond acceptors (Lipinski definition) is 2. The Morgan fingerprint density at radius 2 is 0.436 bits per heavy atom. The van der Waals surface area contributed by atoms with Crippen LogP contribution in [0.15, 0.2) is 413 Å². The van der Waals surface area contributed by atoms with Gasteiger partial charge in [-0.1, -0.05) is 303 Å². The lowest BCUT2D eigenvalue weighted by molar-refractivity contribution is 1.17. The Labute approximate surface area is 636 Å². The normalized spacial score (nSPS) is 11.6. The number of benzene rings is 18. The average Bonchev–Trinajstić information content (AvgIpc) is 1.32. The lowest BCUT2D eigenvalue weighted by Gasteiger charge is -2.19. The predicted octanol–water partition coefficient (Wildman–Crippen LogP) is 28.6. The second kappa shape index (κ2) is 26.8. The van der Waals surface area contributed by atoms with Crippen LogP contribution in [0, 0.1) is 0 Å². The van der Waals surface area contributed by atoms with Crippen molar-refractivity contribution >= 4 is 108 Å². The van der Waals surface area contributed by atoms with Crippen molar-refractivity contribution in [2.75, 3.05) is 0 Å². The molecule has 0 saturated carbocycles. The van der Waals surface area contributed by atoms with Crippen LogP contribution >= 0.6 is 0 Å². The minimum atomic E-state index is 1.14. The van der Waals surface area contributed by atoms with Gasteiger partial charge >= 0.3 is 0 Å². The van der Waals surface area contributed by atoms with E-state index in [1.807, 2.05) is 24.8 Å². The predicted molar refractivity (Wildman–Crippen MR) is 466 cm³/mol. The van der Waals surface area contributed by atoms with Gasteiger partial charge in [0.2, 0.25) is 0 Å². The van der Waals surface area contributed by atoms with Crippen LogP contribution in [0.2, 0.25) is 0 Å². The molecule has 22 aromatic rings. The largest absolute Gasteiger partial charge is 0.309 e. The topological polar surface area (TPSA) is 35.6 Å². The van der Waals surface area contributed by atoms with Crippen LogP contribution in [-0.4, -0.2) is 19.1 Å². The molecule has 0 aliphatic rings. The second-order valence-electron chi connectivity index (χ2n) is 28.7. The molecule has 0 aliphatic carbocycles. The molecule has 0 unspecified atom stereocenters. The van der Waals surface area contributed by atoms with Gasteiger partial charge in [0.15, 0.2) is 0 Å². The minimum Gasteiger partial charge on any atom is -0.309 e. The second-order valence-corrected chi connectivity index (χ2v) is 28.7. The summed E-state index contributed by atoms with van der Waals surface area (Å²) in [7, 11) is 0. The lowest BCUT2D eigenvalue weighted by Crippen LogP contribution is -1.93. The molecule has 0 aliphatic heterocycles. The number of rotatable bonds is 10. The van der Waals surface area contributed by atoms with Gasteiger partial charge in [0.05, 0.1) is 22.1 Å². The minimum absolute atomic E-state index is 1.14. The first-order chi connectivity index (χ1) is 54.6. The molecule has 0 N–H and O–H groups in total. The molecular formula is C106H68N4. The Balaban J connectivity index is 0.000000140. The lowest BCUT2D eigenvalue weighted by atomic mass is 9.84. The summed E-state index contributed by atoms with van der Waals surface area (Å²) in [6.07, 6.45) is 7.75. The molecule has 512 valence electrons. The monoisotopic (exact) mass is 1400 g/mol. The summed E-state index contributed by atoms with van der Waals surface area (Å²) in [5.41, 5.74) is 26.6. The van der Waals surface area contributed by atoms with E-state index < -0.39 is 0 Å². The Hall–Kier alpha value is -14.6. The molecular weight excluding hydrogens is 1330 g/mol. The number of fused-ring (bicyclic) bond motifs is 12. The van der Waals surface area contributed by atoms with E-state index in [1.54, 1.807) is 0 Å². The fraction of sp³-hybridized carbons (Fsp3) is 0. The Kier molecular flexibility index (Phi) is 15.5. The third-order valence-corrected chi connectivity index (χ3v) is 22.5. The zero-order valence-corrected chi connectivity index (χ0v) is 60.0. The van der Waals surface area contributed by atoms with Crippen molar-refractivity contribution in [3.63, 3.8) is 0 Å². The van der Waals surface area contributed by atoms with Gasteiger partial charge in [0.25, 0.3) is 0 Å². The van der Waals surface area contributed by atoms with Crippen molar-refractivity contribution in [1.29, 1.82) is 0 Å². The molecule has 4 heteroatoms. The summed E-state index contributed by atoms with van der Waals surface area (Å²) in [5.74, 6) is 0. The van der Waals surface area contributed by atoms with E-state index in [0.29, 0.717) is 0 Å². The zero-order valence-electron chi connectivity index (χ0n) is 60.0. The number of aromatic nitrogens is 4. The summed E-state index contributed by atoms with van der Waals surface area (Å²) in [6.45, 7) is 0. The van der Waals surface area contributed by atoms with Gasteiger partial charge in [-0.3, -0.25) is 9.97 Å². The molecule has 110 heavy (non-hydrogen) atoms. The third-order valence-electron chi connectivity index (χ3n) is 22.5. The maximum absolute atomic E-state index is 4.54. The van der Waals surface area contributed by atoms with Gasteiger partial charge in [0, 0.05) is 57.7 Å². The zero-order chi connectivity index (χ0) is 72.6. The van der Waals surface area contributed by atoms with Crippen LogP contribution in [0.3, 0.4) is 0 Å². The molecule has 18 aromatic carbocycles. The maximum Gasteiger partial charge on any atom is 0.0571 e. The quantitative estimate of drug-likeness (QED) is 0.128. The average molecular weight is 1400 g/mol. The van der Waals surface area contributed by atoms with Gasteiger partial charge in [-0.2, -0.15) is 0 Å². The van der Waals surface area contributed by atoms with Gasteiger partial charge in [0.1, 0.15) is 0 Å². The van der Waals surface area contributed by atoms with Crippen molar-refractivity contribution in [3.05, 3.63) is 413 Å². The first-order valence-corrected chi connectivity index (χ1v) is 37.7. The molecule has 0 radical (unpaired) electrons. The maximum atomic E-state index is 4.54. The summed E-state index contributed by atoms with van der Waals surface area (Å²) < 4.78 is 4.67. The number of pyridine rings is 2. The van der Waals surface area contributed by atoms with Gasteiger partial charge < -0.3 is 9.13 Å². The van der Waals surface area contributed by atoms with E-state index >= 15 is 0 Å². The van der Waals surface area contributed by atoms with Crippen molar-refractivity contribution in [2.24, 2.45) is 0 Å². The molecule has 0 bridgehead atoms. The molecule has 4 aromatic heterocycles. The van der Waals surface area contributed by atoms with Crippen molar-refractivity contribution < 1.29 is 0 Å². The highest BCUT2D eigenvalue weighted by atomic mass is 15.0. The highest BCUT2D eigenvalue weighted by Gasteiger charge is 2.23. The van der Waals surface area contributed by atoms with E-state index in [9.17, 15) is 0 Å². The van der Waals surface area contributed by atoms with E-state index in [0.717, 1.165) is 33.2 Å². The number of nitrogens with zero attached hydrogens (tertiary/aromatic N) is 4. The number of para-hydroxylation sites is 2. The number of hydrogen-bond donors (Lipinski definition) is 0. The Morgan fingerprint density at radius 1 is 0.164 bits per heavy atom. The smallest absolute Gasteiger partial charge is 0.0571 e. The van der Waals surface area contributed by atoms with Crippen LogP contribution in [0.25, 0.3) is 209 Å². The summed E-state index contributed by atoms with van der Waals surface area (Å²) in [5, 5.41) is 19.7. The van der Waals surface area contributed by atoms with Crippen molar-refractivity contribution in [1.82, 2.24) is 19.1 Å². The van der Waals surface area contributed by atoms with Crippen molar-refractivity contribution in [2.45, 2.75) is 0 Å². The van der Waals surface area contributed by atoms with Gasteiger partial charge in [-0.15, -0.1) is 0 Å². The first kappa shape index (κ1) is 63.9. The van der Waals surface area contributed by atoms with Crippen LogP contribution in [0.5, 0.6) is 0 Å². The molecule has 0 fully saturated rings. The molecule has 22 rings (SSSR count). The first-order valence-electron chi connectivity index (χ1n) is 37.7. The van der Waals surface area contributed by atoms with E-state index in [4.69, 9.17) is 0 Å². The standard InChI is InChI=1S/2C53H34N2/c1-4-14-35(15-5-1)52-44-22-12-13-23-45(44)53(36-16-6-2-7-17-36)48-33-37(24-26-46(48)52)40-27-28-41(43-21-11-10-20-42(40)43)38-25-29-50-47(32-38)49-34-54-31-30-51(49)55(50)39-18-8-3-9-19-39;1-4-12-35(13-5-1)52-44-18-10-11-19-45(44)53(36-14-6-2-7-15-36)48-33-41(24-26-46(48)52)39-22-20-38-31-40(23-21-37(38)30-39)42-25-27-50-47(32-42)49-34-54-29-28-51(49)55(50)43-16-8-3-9-17-43/h2*1-34H. The fourth-order valence-corrected chi connectivity index (χ4v) is 17.6. The highest BCUT2D eigenvalue weighted by Crippen LogP contribution is 2.49. The SMILES string of the molecule is c1ccc(-c2c3ccccc3c(-c3ccccc3)c3cc(-c4ccc(-c5ccc6c(c5)c5cnccc5n6-c5ccccc5)c5ccccc45)ccc23)cc1.c1ccc(-c2c3ccccc3c(-c3ccccc3)c3cc(-c4ccc5cc(-c6ccc7c(c6)c6cnccc6n7-c6ccccc6)ccc5c4)ccc23)cc1.